The summed E-state index contributed by atoms with van der Waals surface area (Å²) in [6.45, 7) is 5.40. The average Bonchev–Trinajstić information content (AvgIpc) is 2.70. The second-order valence-corrected chi connectivity index (χ2v) is 5.83. The first-order chi connectivity index (χ1) is 9.87. The van der Waals surface area contributed by atoms with Gasteiger partial charge in [-0.05, 0) is 26.8 Å². The van der Waals surface area contributed by atoms with Gasteiger partial charge < -0.3 is 9.15 Å². The zero-order chi connectivity index (χ0) is 15.2. The Labute approximate surface area is 120 Å². The molecular formula is C16H15NO4. The van der Waals surface area contributed by atoms with Crippen molar-refractivity contribution < 1.29 is 13.9 Å². The summed E-state index contributed by atoms with van der Waals surface area (Å²) >= 11 is 0. The predicted molar refractivity (Wildman–Crippen MR) is 79.6 cm³/mol. The number of rotatable bonds is 0. The summed E-state index contributed by atoms with van der Waals surface area (Å²) in [6, 6.07) is 8.69. The van der Waals surface area contributed by atoms with Crippen LogP contribution in [0.4, 0.5) is 4.79 Å². The van der Waals surface area contributed by atoms with Gasteiger partial charge in [-0.1, -0.05) is 18.2 Å². The van der Waals surface area contributed by atoms with Crippen LogP contribution in [0.3, 0.4) is 0 Å². The van der Waals surface area contributed by atoms with Crippen LogP contribution in [0.1, 0.15) is 20.8 Å². The van der Waals surface area contributed by atoms with Gasteiger partial charge in [-0.15, -0.1) is 0 Å². The van der Waals surface area contributed by atoms with E-state index in [4.69, 9.17) is 9.15 Å². The fourth-order valence-electron chi connectivity index (χ4n) is 2.32. The lowest BCUT2D eigenvalue weighted by Gasteiger charge is -2.20. The van der Waals surface area contributed by atoms with Crippen molar-refractivity contribution in [2.45, 2.75) is 26.4 Å². The molecule has 5 heteroatoms. The number of hydrogen-bond donors (Lipinski definition) is 0. The summed E-state index contributed by atoms with van der Waals surface area (Å²) in [5, 5.41) is 1.54. The van der Waals surface area contributed by atoms with E-state index in [0.717, 1.165) is 5.39 Å². The molecule has 0 aliphatic carbocycles. The van der Waals surface area contributed by atoms with E-state index in [1.807, 2.05) is 24.3 Å². The number of ether oxygens (including phenoxy) is 1. The van der Waals surface area contributed by atoms with Crippen LogP contribution >= 0.6 is 0 Å². The molecule has 1 aromatic carbocycles. The Morgan fingerprint density at radius 1 is 1.14 bits per heavy atom. The molecule has 0 saturated heterocycles. The van der Waals surface area contributed by atoms with Gasteiger partial charge in [-0.25, -0.2) is 14.2 Å². The molecule has 0 amide bonds. The molecule has 0 bridgehead atoms. The Hall–Kier alpha value is -2.56. The van der Waals surface area contributed by atoms with Gasteiger partial charge in [-0.2, -0.15) is 0 Å². The molecular weight excluding hydrogens is 270 g/mol. The zero-order valence-electron chi connectivity index (χ0n) is 12.0. The van der Waals surface area contributed by atoms with E-state index in [1.165, 1.54) is 16.9 Å². The molecule has 0 saturated carbocycles. The molecule has 0 atom stereocenters. The molecule has 0 unspecified atom stereocenters. The van der Waals surface area contributed by atoms with Crippen molar-refractivity contribution >= 4 is 27.9 Å². The topological polar surface area (TPSA) is 61.4 Å². The number of nitrogens with zero attached hydrogens (tertiary/aromatic N) is 1. The predicted octanol–water partition coefficient (Wildman–Crippen LogP) is 3.53. The number of aromatic nitrogens is 1. The van der Waals surface area contributed by atoms with Crippen LogP contribution in [-0.4, -0.2) is 16.3 Å². The molecule has 0 fully saturated rings. The number of hydrogen-bond acceptors (Lipinski definition) is 4. The van der Waals surface area contributed by atoms with Crippen LogP contribution in [0, 0.1) is 0 Å². The average molecular weight is 285 g/mol. The molecule has 0 N–H and O–H groups in total. The Bertz CT molecular complexity index is 896. The van der Waals surface area contributed by atoms with E-state index in [-0.39, 0.29) is 0 Å². The monoisotopic (exact) mass is 285 g/mol. The molecule has 0 aliphatic rings. The summed E-state index contributed by atoms with van der Waals surface area (Å²) in [5.41, 5.74) is 0.0492. The molecule has 108 valence electrons. The summed E-state index contributed by atoms with van der Waals surface area (Å²) in [7, 11) is 0. The highest BCUT2D eigenvalue weighted by Gasteiger charge is 2.22. The SMILES string of the molecule is CC(C)(C)OC(=O)n1c2ccccc2c2coc(=O)cc21. The fourth-order valence-corrected chi connectivity index (χ4v) is 2.32. The molecule has 0 radical (unpaired) electrons. The number of carbonyl (C=O) groups excluding carboxylic acids is 1. The van der Waals surface area contributed by atoms with Crippen molar-refractivity contribution in [2.75, 3.05) is 0 Å². The van der Waals surface area contributed by atoms with Crippen LogP contribution in [0.25, 0.3) is 21.8 Å². The van der Waals surface area contributed by atoms with Crippen molar-refractivity contribution in [1.82, 2.24) is 4.57 Å². The van der Waals surface area contributed by atoms with Gasteiger partial charge in [0, 0.05) is 16.8 Å². The van der Waals surface area contributed by atoms with Crippen molar-refractivity contribution in [3.8, 4) is 0 Å². The first-order valence-corrected chi connectivity index (χ1v) is 6.62. The van der Waals surface area contributed by atoms with Gasteiger partial charge in [0.2, 0.25) is 0 Å². The van der Waals surface area contributed by atoms with Crippen LogP contribution in [0.15, 0.2) is 45.8 Å². The Morgan fingerprint density at radius 3 is 2.57 bits per heavy atom. The minimum atomic E-state index is -0.617. The van der Waals surface area contributed by atoms with Gasteiger partial charge in [0.1, 0.15) is 11.9 Å². The first kappa shape index (κ1) is 13.4. The van der Waals surface area contributed by atoms with Gasteiger partial charge >= 0.3 is 11.7 Å². The summed E-state index contributed by atoms with van der Waals surface area (Å²) in [5.74, 6) is 0. The fraction of sp³-hybridized carbons (Fsp3) is 0.250. The molecule has 2 heterocycles. The van der Waals surface area contributed by atoms with E-state index in [1.54, 1.807) is 20.8 Å². The van der Waals surface area contributed by atoms with E-state index in [2.05, 4.69) is 0 Å². The summed E-state index contributed by atoms with van der Waals surface area (Å²) in [6.07, 6.45) is 0.861. The lowest BCUT2D eigenvalue weighted by atomic mass is 10.2. The second-order valence-electron chi connectivity index (χ2n) is 5.83. The lowest BCUT2D eigenvalue weighted by Crippen LogP contribution is -2.27. The number of benzene rings is 1. The first-order valence-electron chi connectivity index (χ1n) is 6.62. The third kappa shape index (κ3) is 2.31. The Kier molecular flexibility index (Phi) is 2.86. The molecule has 3 aromatic rings. The zero-order valence-corrected chi connectivity index (χ0v) is 12.0. The normalized spacial score (nSPS) is 12.0. The van der Waals surface area contributed by atoms with Crippen molar-refractivity contribution in [3.63, 3.8) is 0 Å². The number of carbonyl (C=O) groups is 1. The highest BCUT2D eigenvalue weighted by atomic mass is 16.6. The summed E-state index contributed by atoms with van der Waals surface area (Å²) < 4.78 is 11.8. The summed E-state index contributed by atoms with van der Waals surface area (Å²) in [4.78, 5) is 24.0. The van der Waals surface area contributed by atoms with Crippen LogP contribution < -0.4 is 5.63 Å². The maximum Gasteiger partial charge on any atom is 0.419 e. The highest BCUT2D eigenvalue weighted by Crippen LogP contribution is 2.28. The third-order valence-electron chi connectivity index (χ3n) is 3.08. The molecule has 0 spiro atoms. The van der Waals surface area contributed by atoms with Gasteiger partial charge in [0.25, 0.3) is 0 Å². The number of fused-ring (bicyclic) bond motifs is 3. The molecule has 0 aliphatic heterocycles. The maximum atomic E-state index is 12.5. The van der Waals surface area contributed by atoms with Crippen molar-refractivity contribution in [1.29, 1.82) is 0 Å². The standard InChI is InChI=1S/C16H15NO4/c1-16(2,3)21-15(19)17-12-7-5-4-6-10(12)11-9-20-14(18)8-13(11)17/h4-9H,1-3H3. The molecule has 21 heavy (non-hydrogen) atoms. The lowest BCUT2D eigenvalue weighted by molar-refractivity contribution is 0.0551. The van der Waals surface area contributed by atoms with E-state index >= 15 is 0 Å². The van der Waals surface area contributed by atoms with E-state index in [9.17, 15) is 9.59 Å². The Balaban J connectivity index is 2.35. The van der Waals surface area contributed by atoms with Crippen LogP contribution in [0.5, 0.6) is 0 Å². The van der Waals surface area contributed by atoms with E-state index in [0.29, 0.717) is 16.4 Å². The molecule has 2 aromatic heterocycles. The quantitative estimate of drug-likeness (QED) is 0.634. The Morgan fingerprint density at radius 2 is 1.86 bits per heavy atom. The van der Waals surface area contributed by atoms with Crippen molar-refractivity contribution in [2.24, 2.45) is 0 Å². The van der Waals surface area contributed by atoms with Crippen molar-refractivity contribution in [3.05, 3.63) is 47.0 Å². The largest absolute Gasteiger partial charge is 0.443 e. The third-order valence-corrected chi connectivity index (χ3v) is 3.08. The van der Waals surface area contributed by atoms with E-state index < -0.39 is 17.3 Å². The maximum absolute atomic E-state index is 12.5. The van der Waals surface area contributed by atoms with Gasteiger partial charge in [0.15, 0.2) is 0 Å². The van der Waals surface area contributed by atoms with Crippen LogP contribution in [0.2, 0.25) is 0 Å². The minimum absolute atomic E-state index is 0.488. The highest BCUT2D eigenvalue weighted by molar-refractivity contribution is 6.11. The minimum Gasteiger partial charge on any atom is -0.443 e. The smallest absolute Gasteiger partial charge is 0.419 e. The van der Waals surface area contributed by atoms with Gasteiger partial charge in [-0.3, -0.25) is 0 Å². The van der Waals surface area contributed by atoms with Gasteiger partial charge in [0.05, 0.1) is 11.0 Å². The molecule has 3 rings (SSSR count). The number of para-hydroxylation sites is 1. The van der Waals surface area contributed by atoms with Crippen LogP contribution in [-0.2, 0) is 4.74 Å². The second kappa shape index (κ2) is 4.48. The molecule has 5 nitrogen and oxygen atoms in total.